The summed E-state index contributed by atoms with van der Waals surface area (Å²) in [6.07, 6.45) is 2.03. The van der Waals surface area contributed by atoms with E-state index in [1.165, 1.54) is 0 Å². The lowest BCUT2D eigenvalue weighted by atomic mass is 10.1. The van der Waals surface area contributed by atoms with E-state index in [-0.39, 0.29) is 0 Å². The summed E-state index contributed by atoms with van der Waals surface area (Å²) < 4.78 is 5.28. The Morgan fingerprint density at radius 1 is 1.24 bits per heavy atom. The number of hydrogen-bond acceptors (Lipinski definition) is 3. The molecule has 0 fully saturated rings. The summed E-state index contributed by atoms with van der Waals surface area (Å²) in [5.41, 5.74) is 3.22. The van der Waals surface area contributed by atoms with Crippen molar-refractivity contribution < 1.29 is 4.74 Å². The number of nitrogens with zero attached hydrogens (tertiary/aromatic N) is 2. The number of anilines is 2. The Hall–Kier alpha value is -1.74. The monoisotopic (exact) mass is 304 g/mol. The smallest absolute Gasteiger partial charge is 0.133 e. The zero-order chi connectivity index (χ0) is 15.2. The summed E-state index contributed by atoms with van der Waals surface area (Å²) in [5.74, 6) is 2.24. The molecule has 0 radical (unpaired) electrons. The van der Waals surface area contributed by atoms with Crippen molar-refractivity contribution >= 4 is 23.1 Å². The Bertz CT molecular complexity index is 601. The molecule has 0 aliphatic rings. The van der Waals surface area contributed by atoms with Crippen molar-refractivity contribution in [1.82, 2.24) is 4.98 Å². The minimum atomic E-state index is 0.498. The molecule has 0 aliphatic heterocycles. The fourth-order valence-corrected chi connectivity index (χ4v) is 2.37. The van der Waals surface area contributed by atoms with Crippen LogP contribution >= 0.6 is 11.6 Å². The SMILES string of the molecule is CCCc1cc(CCl)cc(N(C)c2cccc(OC)c2)n1. The predicted molar refractivity (Wildman–Crippen MR) is 88.8 cm³/mol. The maximum Gasteiger partial charge on any atom is 0.133 e. The summed E-state index contributed by atoms with van der Waals surface area (Å²) in [4.78, 5) is 6.78. The van der Waals surface area contributed by atoms with Crippen LogP contribution in [0.5, 0.6) is 5.75 Å². The van der Waals surface area contributed by atoms with Crippen LogP contribution in [-0.2, 0) is 12.3 Å². The van der Waals surface area contributed by atoms with E-state index in [2.05, 4.69) is 17.9 Å². The number of benzene rings is 1. The molecule has 1 heterocycles. The highest BCUT2D eigenvalue weighted by Gasteiger charge is 2.09. The average Bonchev–Trinajstić information content (AvgIpc) is 2.54. The standard InChI is InChI=1S/C17H21ClN2O/c1-4-6-14-9-13(12-18)10-17(19-14)20(2)15-7-5-8-16(11-15)21-3/h5,7-11H,4,6,12H2,1-3H3. The molecule has 0 bridgehead atoms. The van der Waals surface area contributed by atoms with Gasteiger partial charge in [-0.15, -0.1) is 11.6 Å². The number of pyridine rings is 1. The van der Waals surface area contributed by atoms with Gasteiger partial charge in [-0.2, -0.15) is 0 Å². The van der Waals surface area contributed by atoms with Crippen molar-refractivity contribution in [3.8, 4) is 5.75 Å². The maximum absolute atomic E-state index is 6.00. The van der Waals surface area contributed by atoms with Crippen LogP contribution in [-0.4, -0.2) is 19.1 Å². The van der Waals surface area contributed by atoms with Gasteiger partial charge in [-0.25, -0.2) is 4.98 Å². The molecule has 2 aromatic rings. The number of halogens is 1. The number of rotatable bonds is 6. The van der Waals surface area contributed by atoms with Gasteiger partial charge in [0.2, 0.25) is 0 Å². The minimum Gasteiger partial charge on any atom is -0.497 e. The maximum atomic E-state index is 6.00. The summed E-state index contributed by atoms with van der Waals surface area (Å²) in [6, 6.07) is 12.1. The highest BCUT2D eigenvalue weighted by molar-refractivity contribution is 6.17. The Morgan fingerprint density at radius 2 is 2.05 bits per heavy atom. The van der Waals surface area contributed by atoms with Gasteiger partial charge in [0, 0.05) is 30.4 Å². The summed E-state index contributed by atoms with van der Waals surface area (Å²) >= 11 is 6.00. The van der Waals surface area contributed by atoms with Crippen LogP contribution < -0.4 is 9.64 Å². The van der Waals surface area contributed by atoms with Gasteiger partial charge in [-0.1, -0.05) is 19.4 Å². The molecule has 112 valence electrons. The van der Waals surface area contributed by atoms with Crippen molar-refractivity contribution in [1.29, 1.82) is 0 Å². The van der Waals surface area contributed by atoms with Gasteiger partial charge in [-0.3, -0.25) is 0 Å². The van der Waals surface area contributed by atoms with E-state index < -0.39 is 0 Å². The number of methoxy groups -OCH3 is 1. The van der Waals surface area contributed by atoms with Crippen molar-refractivity contribution in [2.24, 2.45) is 0 Å². The Kier molecular flexibility index (Phi) is 5.45. The first kappa shape index (κ1) is 15.6. The fraction of sp³-hybridized carbons (Fsp3) is 0.353. The zero-order valence-electron chi connectivity index (χ0n) is 12.8. The first-order valence-electron chi connectivity index (χ1n) is 7.11. The normalized spacial score (nSPS) is 10.5. The molecule has 0 atom stereocenters. The molecule has 21 heavy (non-hydrogen) atoms. The highest BCUT2D eigenvalue weighted by atomic mass is 35.5. The van der Waals surface area contributed by atoms with Gasteiger partial charge in [0.1, 0.15) is 11.6 Å². The van der Waals surface area contributed by atoms with E-state index >= 15 is 0 Å². The third-order valence-corrected chi connectivity index (χ3v) is 3.68. The molecule has 0 amide bonds. The third kappa shape index (κ3) is 3.88. The molecule has 1 aromatic carbocycles. The van der Waals surface area contributed by atoms with E-state index in [0.717, 1.165) is 41.4 Å². The lowest BCUT2D eigenvalue weighted by molar-refractivity contribution is 0.415. The van der Waals surface area contributed by atoms with Crippen LogP contribution in [0.1, 0.15) is 24.6 Å². The number of alkyl halides is 1. The van der Waals surface area contributed by atoms with Crippen LogP contribution in [0.4, 0.5) is 11.5 Å². The van der Waals surface area contributed by atoms with Crippen LogP contribution in [0, 0.1) is 0 Å². The Morgan fingerprint density at radius 3 is 2.71 bits per heavy atom. The van der Waals surface area contributed by atoms with Crippen LogP contribution in [0.15, 0.2) is 36.4 Å². The van der Waals surface area contributed by atoms with Crippen molar-refractivity contribution in [3.63, 3.8) is 0 Å². The molecule has 3 nitrogen and oxygen atoms in total. The molecule has 0 saturated heterocycles. The molecule has 0 aliphatic carbocycles. The quantitative estimate of drug-likeness (QED) is 0.732. The molecular formula is C17H21ClN2O. The summed E-state index contributed by atoms with van der Waals surface area (Å²) in [7, 11) is 3.68. The van der Waals surface area contributed by atoms with E-state index in [1.807, 2.05) is 37.4 Å². The second-order valence-electron chi connectivity index (χ2n) is 4.97. The van der Waals surface area contributed by atoms with Crippen LogP contribution in [0.2, 0.25) is 0 Å². The molecule has 0 unspecified atom stereocenters. The second kappa shape index (κ2) is 7.32. The number of ether oxygens (including phenoxy) is 1. The average molecular weight is 305 g/mol. The van der Waals surface area contributed by atoms with E-state index in [9.17, 15) is 0 Å². The van der Waals surface area contributed by atoms with Gasteiger partial charge >= 0.3 is 0 Å². The van der Waals surface area contributed by atoms with Crippen molar-refractivity contribution in [2.45, 2.75) is 25.6 Å². The van der Waals surface area contributed by atoms with Gasteiger partial charge in [-0.05, 0) is 36.2 Å². The predicted octanol–water partition coefficient (Wildman–Crippen LogP) is 4.55. The van der Waals surface area contributed by atoms with E-state index in [1.54, 1.807) is 7.11 Å². The second-order valence-corrected chi connectivity index (χ2v) is 5.24. The lowest BCUT2D eigenvalue weighted by Gasteiger charge is -2.20. The molecule has 1 aromatic heterocycles. The number of aromatic nitrogens is 1. The van der Waals surface area contributed by atoms with Crippen molar-refractivity contribution in [2.75, 3.05) is 19.1 Å². The van der Waals surface area contributed by atoms with Gasteiger partial charge in [0.15, 0.2) is 0 Å². The van der Waals surface area contributed by atoms with Gasteiger partial charge < -0.3 is 9.64 Å². The molecule has 2 rings (SSSR count). The first-order valence-corrected chi connectivity index (χ1v) is 7.65. The molecule has 0 spiro atoms. The van der Waals surface area contributed by atoms with E-state index in [4.69, 9.17) is 21.3 Å². The number of hydrogen-bond donors (Lipinski definition) is 0. The third-order valence-electron chi connectivity index (χ3n) is 3.37. The largest absolute Gasteiger partial charge is 0.497 e. The van der Waals surface area contributed by atoms with Crippen LogP contribution in [0.25, 0.3) is 0 Å². The fourth-order valence-electron chi connectivity index (χ4n) is 2.22. The molecular weight excluding hydrogens is 284 g/mol. The van der Waals surface area contributed by atoms with E-state index in [0.29, 0.717) is 5.88 Å². The lowest BCUT2D eigenvalue weighted by Crippen LogP contribution is -2.12. The molecule has 4 heteroatoms. The number of aryl methyl sites for hydroxylation is 1. The molecule has 0 N–H and O–H groups in total. The molecule has 0 saturated carbocycles. The summed E-state index contributed by atoms with van der Waals surface area (Å²) in [6.45, 7) is 2.15. The van der Waals surface area contributed by atoms with Gasteiger partial charge in [0.25, 0.3) is 0 Å². The first-order chi connectivity index (χ1) is 10.2. The van der Waals surface area contributed by atoms with Gasteiger partial charge in [0.05, 0.1) is 7.11 Å². The van der Waals surface area contributed by atoms with Crippen molar-refractivity contribution in [3.05, 3.63) is 47.7 Å². The topological polar surface area (TPSA) is 25.4 Å². The zero-order valence-corrected chi connectivity index (χ0v) is 13.5. The van der Waals surface area contributed by atoms with Crippen LogP contribution in [0.3, 0.4) is 0 Å². The Labute approximate surface area is 131 Å². The minimum absolute atomic E-state index is 0.498. The Balaban J connectivity index is 2.36. The highest BCUT2D eigenvalue weighted by Crippen LogP contribution is 2.27. The summed E-state index contributed by atoms with van der Waals surface area (Å²) in [5, 5.41) is 0.